The van der Waals surface area contributed by atoms with Crippen LogP contribution in [0.4, 0.5) is 0 Å². The van der Waals surface area contributed by atoms with Crippen LogP contribution in [0.5, 0.6) is 5.75 Å². The molecule has 0 aliphatic heterocycles. The molecule has 0 spiro atoms. The number of methoxy groups -OCH3 is 3. The van der Waals surface area contributed by atoms with E-state index in [1.54, 1.807) is 21.3 Å². The third-order valence-electron chi connectivity index (χ3n) is 2.89. The van der Waals surface area contributed by atoms with E-state index in [0.29, 0.717) is 0 Å². The molecule has 0 fully saturated rings. The Labute approximate surface area is 95.6 Å². The Hall–Kier alpha value is -1.48. The molecule has 1 aromatic carbocycles. The number of benzene rings is 1. The molecule has 3 heteroatoms. The third-order valence-corrected chi connectivity index (χ3v) is 2.89. The highest BCUT2D eigenvalue weighted by Crippen LogP contribution is 2.38. The van der Waals surface area contributed by atoms with E-state index in [4.69, 9.17) is 14.2 Å². The fourth-order valence-electron chi connectivity index (χ4n) is 2.13. The fourth-order valence-corrected chi connectivity index (χ4v) is 2.13. The lowest BCUT2D eigenvalue weighted by Crippen LogP contribution is -2.15. The lowest BCUT2D eigenvalue weighted by molar-refractivity contribution is 0.0736. The molecule has 1 unspecified atom stereocenters. The van der Waals surface area contributed by atoms with Gasteiger partial charge in [0, 0.05) is 12.7 Å². The van der Waals surface area contributed by atoms with Crippen molar-refractivity contribution in [2.75, 3.05) is 21.3 Å². The maximum Gasteiger partial charge on any atom is 0.143 e. The second-order valence-corrected chi connectivity index (χ2v) is 3.66. The van der Waals surface area contributed by atoms with Gasteiger partial charge < -0.3 is 14.2 Å². The summed E-state index contributed by atoms with van der Waals surface area (Å²) in [6.45, 7) is 0. The van der Waals surface area contributed by atoms with Crippen LogP contribution in [0.2, 0.25) is 0 Å². The van der Waals surface area contributed by atoms with E-state index in [9.17, 15) is 0 Å². The summed E-state index contributed by atoms with van der Waals surface area (Å²) >= 11 is 0. The third kappa shape index (κ3) is 1.67. The standard InChI is InChI=1S/C13H16O3/c1-14-10-6-4-5-9-7-8-11(15-2)13(16-3)12(9)10/h4-6,8,13H,7H2,1-3H3. The van der Waals surface area contributed by atoms with Crippen LogP contribution in [0.1, 0.15) is 17.2 Å². The number of fused-ring (bicyclic) bond motifs is 1. The van der Waals surface area contributed by atoms with Crippen molar-refractivity contribution in [3.8, 4) is 5.75 Å². The molecule has 1 aromatic rings. The SMILES string of the molecule is COC1=CCc2cccc(OC)c2C1OC. The van der Waals surface area contributed by atoms with Crippen molar-refractivity contribution in [2.45, 2.75) is 12.5 Å². The maximum atomic E-state index is 5.49. The normalized spacial score (nSPS) is 18.7. The zero-order chi connectivity index (χ0) is 11.5. The lowest BCUT2D eigenvalue weighted by Gasteiger charge is -2.26. The first kappa shape index (κ1) is 11.0. The van der Waals surface area contributed by atoms with Crippen LogP contribution in [0.15, 0.2) is 30.0 Å². The van der Waals surface area contributed by atoms with Crippen molar-refractivity contribution in [3.63, 3.8) is 0 Å². The monoisotopic (exact) mass is 220 g/mol. The van der Waals surface area contributed by atoms with Gasteiger partial charge in [-0.2, -0.15) is 0 Å². The van der Waals surface area contributed by atoms with E-state index >= 15 is 0 Å². The van der Waals surface area contributed by atoms with Crippen molar-refractivity contribution in [1.82, 2.24) is 0 Å². The van der Waals surface area contributed by atoms with Gasteiger partial charge in [-0.15, -0.1) is 0 Å². The smallest absolute Gasteiger partial charge is 0.143 e. The minimum atomic E-state index is -0.162. The van der Waals surface area contributed by atoms with Crippen molar-refractivity contribution in [2.24, 2.45) is 0 Å². The van der Waals surface area contributed by atoms with Gasteiger partial charge in [-0.25, -0.2) is 0 Å². The Bertz CT molecular complexity index is 410. The number of allylic oxidation sites excluding steroid dienone is 1. The van der Waals surface area contributed by atoms with Crippen LogP contribution in [0.3, 0.4) is 0 Å². The molecule has 0 amide bonds. The summed E-state index contributed by atoms with van der Waals surface area (Å²) < 4.78 is 16.2. The Morgan fingerprint density at radius 2 is 1.94 bits per heavy atom. The molecule has 0 heterocycles. The number of ether oxygens (including phenoxy) is 3. The maximum absolute atomic E-state index is 5.49. The van der Waals surface area contributed by atoms with Crippen LogP contribution in [-0.2, 0) is 15.9 Å². The Morgan fingerprint density at radius 3 is 2.56 bits per heavy atom. The zero-order valence-corrected chi connectivity index (χ0v) is 9.82. The predicted octanol–water partition coefficient (Wildman–Crippen LogP) is 2.47. The van der Waals surface area contributed by atoms with Crippen molar-refractivity contribution >= 4 is 0 Å². The van der Waals surface area contributed by atoms with Crippen molar-refractivity contribution < 1.29 is 14.2 Å². The Morgan fingerprint density at radius 1 is 1.12 bits per heavy atom. The quantitative estimate of drug-likeness (QED) is 0.783. The number of hydrogen-bond acceptors (Lipinski definition) is 3. The molecule has 3 nitrogen and oxygen atoms in total. The van der Waals surface area contributed by atoms with Gasteiger partial charge in [0.1, 0.15) is 17.6 Å². The fraction of sp³-hybridized carbons (Fsp3) is 0.385. The first-order chi connectivity index (χ1) is 7.81. The van der Waals surface area contributed by atoms with Crippen LogP contribution >= 0.6 is 0 Å². The molecule has 0 radical (unpaired) electrons. The number of hydrogen-bond donors (Lipinski definition) is 0. The van der Waals surface area contributed by atoms with Crippen LogP contribution in [-0.4, -0.2) is 21.3 Å². The van der Waals surface area contributed by atoms with Gasteiger partial charge in [0.05, 0.1) is 14.2 Å². The number of rotatable bonds is 3. The molecule has 2 rings (SSSR count). The van der Waals surface area contributed by atoms with Gasteiger partial charge in [0.2, 0.25) is 0 Å². The first-order valence-electron chi connectivity index (χ1n) is 5.24. The molecule has 0 N–H and O–H groups in total. The predicted molar refractivity (Wildman–Crippen MR) is 61.5 cm³/mol. The van der Waals surface area contributed by atoms with E-state index in [-0.39, 0.29) is 6.10 Å². The van der Waals surface area contributed by atoms with Crippen LogP contribution < -0.4 is 4.74 Å². The minimum Gasteiger partial charge on any atom is -0.498 e. The van der Waals surface area contributed by atoms with E-state index < -0.39 is 0 Å². The van der Waals surface area contributed by atoms with Crippen molar-refractivity contribution in [3.05, 3.63) is 41.2 Å². The molecule has 86 valence electrons. The van der Waals surface area contributed by atoms with Gasteiger partial charge >= 0.3 is 0 Å². The topological polar surface area (TPSA) is 27.7 Å². The average molecular weight is 220 g/mol. The summed E-state index contributed by atoms with van der Waals surface area (Å²) in [5.41, 5.74) is 2.30. The summed E-state index contributed by atoms with van der Waals surface area (Å²) in [5, 5.41) is 0. The highest BCUT2D eigenvalue weighted by molar-refractivity contribution is 5.47. The van der Waals surface area contributed by atoms with Crippen LogP contribution in [0, 0.1) is 0 Å². The van der Waals surface area contributed by atoms with E-state index in [1.165, 1.54) is 5.56 Å². The summed E-state index contributed by atoms with van der Waals surface area (Å²) in [7, 11) is 5.02. The highest BCUT2D eigenvalue weighted by atomic mass is 16.5. The lowest BCUT2D eigenvalue weighted by atomic mass is 9.92. The van der Waals surface area contributed by atoms with Gasteiger partial charge in [-0.05, 0) is 24.1 Å². The summed E-state index contributed by atoms with van der Waals surface area (Å²) in [6, 6.07) is 6.03. The van der Waals surface area contributed by atoms with Gasteiger partial charge in [0.25, 0.3) is 0 Å². The molecule has 0 bridgehead atoms. The molecule has 1 aliphatic rings. The molecule has 0 saturated heterocycles. The average Bonchev–Trinajstić information content (AvgIpc) is 2.36. The molecule has 16 heavy (non-hydrogen) atoms. The zero-order valence-electron chi connectivity index (χ0n) is 9.82. The highest BCUT2D eigenvalue weighted by Gasteiger charge is 2.27. The molecule has 1 aliphatic carbocycles. The van der Waals surface area contributed by atoms with E-state index in [0.717, 1.165) is 23.5 Å². The summed E-state index contributed by atoms with van der Waals surface area (Å²) in [6.07, 6.45) is 2.75. The minimum absolute atomic E-state index is 0.162. The summed E-state index contributed by atoms with van der Waals surface area (Å²) in [4.78, 5) is 0. The van der Waals surface area contributed by atoms with Gasteiger partial charge in [0.15, 0.2) is 0 Å². The van der Waals surface area contributed by atoms with Gasteiger partial charge in [-0.1, -0.05) is 12.1 Å². The van der Waals surface area contributed by atoms with Gasteiger partial charge in [-0.3, -0.25) is 0 Å². The van der Waals surface area contributed by atoms with Crippen LogP contribution in [0.25, 0.3) is 0 Å². The Kier molecular flexibility index (Phi) is 3.15. The summed E-state index contributed by atoms with van der Waals surface area (Å²) in [5.74, 6) is 1.70. The molecule has 0 saturated carbocycles. The second kappa shape index (κ2) is 4.58. The second-order valence-electron chi connectivity index (χ2n) is 3.66. The molecule has 0 aromatic heterocycles. The first-order valence-corrected chi connectivity index (χ1v) is 5.24. The van der Waals surface area contributed by atoms with Crippen molar-refractivity contribution in [1.29, 1.82) is 0 Å². The molecular formula is C13H16O3. The molecule has 1 atom stereocenters. The van der Waals surface area contributed by atoms with E-state index in [1.807, 2.05) is 12.1 Å². The van der Waals surface area contributed by atoms with E-state index in [2.05, 4.69) is 12.1 Å². The molecular weight excluding hydrogens is 204 g/mol. The largest absolute Gasteiger partial charge is 0.498 e. The Balaban J connectivity index is 2.50.